The molecule has 0 N–H and O–H groups in total. The van der Waals surface area contributed by atoms with Gasteiger partial charge in [-0.05, 0) is 225 Å². The highest BCUT2D eigenvalue weighted by Crippen LogP contribution is 2.42. The highest BCUT2D eigenvalue weighted by Gasteiger charge is 2.29. The molecule has 2 aliphatic heterocycles. The van der Waals surface area contributed by atoms with Gasteiger partial charge in [0, 0.05) is 170 Å². The van der Waals surface area contributed by atoms with Crippen LogP contribution < -0.4 is 21.6 Å². The van der Waals surface area contributed by atoms with Gasteiger partial charge in [0.2, 0.25) is 0 Å². The maximum Gasteiger partial charge on any atom is 0.347 e. The fourth-order valence-electron chi connectivity index (χ4n) is 17.4. The summed E-state index contributed by atoms with van der Waals surface area (Å²) in [5, 5.41) is 8.96. The van der Waals surface area contributed by atoms with Gasteiger partial charge < -0.3 is 32.2 Å². The number of aryl methyl sites for hydroxylation is 7. The zero-order chi connectivity index (χ0) is 103. The zero-order valence-electron chi connectivity index (χ0n) is 90.9. The number of hydrogen-bond donors (Lipinski definition) is 0. The molecule has 17 heteroatoms. The molecule has 8 aromatic heterocycles. The molecule has 0 atom stereocenters. The van der Waals surface area contributed by atoms with Crippen molar-refractivity contribution in [3.05, 3.63) is 311 Å². The lowest BCUT2D eigenvalue weighted by molar-refractivity contribution is 0.0935. The molecule has 0 radical (unpaired) electrons. The molecule has 0 fully saturated rings. The highest BCUT2D eigenvalue weighted by molar-refractivity contribution is 7.25. The van der Waals surface area contributed by atoms with Crippen LogP contribution in [0.15, 0.2) is 213 Å². The normalized spacial score (nSPS) is 12.0. The predicted octanol–water partition coefficient (Wildman–Crippen LogP) is 32.2. The Labute approximate surface area is 831 Å². The lowest BCUT2D eigenvalue weighted by Gasteiger charge is -2.37. The van der Waals surface area contributed by atoms with E-state index in [1.807, 2.05) is 163 Å². The Morgan fingerprint density at radius 1 is 0.442 bits per heavy atom. The molecule has 4 aliphatic rings. The minimum absolute atomic E-state index is 0.145. The van der Waals surface area contributed by atoms with Crippen molar-refractivity contribution in [2.75, 3.05) is 18.0 Å². The number of rotatable bonds is 8. The minimum atomic E-state index is -0.500. The van der Waals surface area contributed by atoms with Crippen LogP contribution in [0.5, 0.6) is 0 Å². The molecule has 20 rings (SSSR count). The maximum absolute atomic E-state index is 12.9. The van der Waals surface area contributed by atoms with Crippen molar-refractivity contribution < 1.29 is 9.21 Å². The number of anilines is 1. The summed E-state index contributed by atoms with van der Waals surface area (Å²) in [7, 11) is 6.15. The first-order valence-electron chi connectivity index (χ1n) is 50.9. The second-order valence-electron chi connectivity index (χ2n) is 37.9. The second kappa shape index (κ2) is 55.7. The van der Waals surface area contributed by atoms with Gasteiger partial charge in [0.1, 0.15) is 34.4 Å². The standard InChI is InChI=1S/C21H15NO2S.C19H21NO3.C15H15N.2C9H16N2.2C9H8.2C7H12N2.2C4H10.4C2H6/c1-11(2)22-20(23)14-8-7-13-12-5-3-4-6-16(12)25-17-10-9-15(21(22)24)18(14)19(13)17;1-11(2)17(21)15-10-13-9-12-5-3-7-20-8-4-6-14(16(12)20)18(13)23-19(15)22;1-11(2)16-14-9-5-3-7-12(14)13-8-4-6-10-15(13)16;1-6(2)9-7(3)11(5)8(4)10-9;1-6(2)9-7(3)10-8(4)11(9)5;2*1-2-5-9-7-3-6-8(9)4-1;1-6(2)7-8-4-5-9(7)3;1-6(2)9-5-4-8-7(9)3;2*1-4(2)3;4*1-2/h3-11H,1-2H3;9-11H,3-8H2,1-2H3;3-11H,1-2H3;2*6H,1-5H3;2*1-6H,7H2;2*4-6H,1-3H3;2*4H,1-3H3;4*1-2H3. The van der Waals surface area contributed by atoms with Crippen LogP contribution in [0.3, 0.4) is 0 Å². The quantitative estimate of drug-likeness (QED) is 0.0618. The van der Waals surface area contributed by atoms with E-state index < -0.39 is 5.63 Å². The van der Waals surface area contributed by atoms with Crippen LogP contribution in [0.2, 0.25) is 0 Å². The molecule has 0 saturated carbocycles. The number of para-hydroxylation sites is 2. The summed E-state index contributed by atoms with van der Waals surface area (Å²) in [5.74, 6) is 7.40. The SMILES string of the molecule is C1=Cc2ccccc2C1.C1=Cc2ccccc2C1.CC.CC.CC.CC.CC(C)C.CC(C)C.CC(C)C(=O)c1cc2cc3c4c(c2oc1=O)CCCN4CCC3.CC(C)c1nccn1C.CC(C)n1c(=O)c2ccc3sc4ccccc4c4ccc(c1=O)c2c34.CC(C)n1c2ccccc2c2ccccc21.Cc1nc(C(C)C)c(C)n1C.Cc1nc(C)n(C)c1C(C)C.Cc1nccn1C(C)C. The van der Waals surface area contributed by atoms with Gasteiger partial charge in [-0.3, -0.25) is 19.0 Å². The van der Waals surface area contributed by atoms with E-state index in [1.54, 1.807) is 31.3 Å². The van der Waals surface area contributed by atoms with Crippen LogP contribution in [0.25, 0.3) is 86.6 Å². The van der Waals surface area contributed by atoms with Crippen LogP contribution >= 0.6 is 11.3 Å². The highest BCUT2D eigenvalue weighted by atomic mass is 32.1. The number of aromatic nitrogens is 10. The number of nitrogens with zero attached hydrogens (tertiary/aromatic N) is 11. The van der Waals surface area contributed by atoms with E-state index in [9.17, 15) is 19.2 Å². The number of Topliss-reactive ketones (excluding diaryl/α,β-unsaturated/α-hetero) is 1. The molecule has 2 aliphatic carbocycles. The first-order chi connectivity index (χ1) is 65.8. The summed E-state index contributed by atoms with van der Waals surface area (Å²) < 4.78 is 20.2. The topological polar surface area (TPSA) is 166 Å². The fourth-order valence-corrected chi connectivity index (χ4v) is 18.6. The number of carbonyl (C=O) groups excluding carboxylic acids is 1. The molecule has 16 nitrogen and oxygen atoms in total. The van der Waals surface area contributed by atoms with E-state index in [2.05, 4.69) is 321 Å². The molecule has 0 amide bonds. The van der Waals surface area contributed by atoms with Crippen LogP contribution in [0, 0.1) is 52.4 Å². The van der Waals surface area contributed by atoms with Crippen LogP contribution in [0.4, 0.5) is 5.69 Å². The van der Waals surface area contributed by atoms with Gasteiger partial charge in [0.15, 0.2) is 5.78 Å². The zero-order valence-corrected chi connectivity index (χ0v) is 91.7. The number of imidazole rings is 4. The van der Waals surface area contributed by atoms with Crippen molar-refractivity contribution in [1.82, 2.24) is 47.3 Å². The van der Waals surface area contributed by atoms with Gasteiger partial charge in [-0.15, -0.1) is 11.3 Å². The monoisotopic (exact) mass is 1890 g/mol. The van der Waals surface area contributed by atoms with E-state index in [4.69, 9.17) is 4.42 Å². The largest absolute Gasteiger partial charge is 0.422 e. The average Bonchev–Trinajstić information content (AvgIpc) is 0.825. The molecule has 138 heavy (non-hydrogen) atoms. The molecule has 10 heterocycles. The van der Waals surface area contributed by atoms with Crippen LogP contribution in [-0.2, 0) is 46.8 Å². The summed E-state index contributed by atoms with van der Waals surface area (Å²) in [6.07, 6.45) is 22.9. The number of benzene rings is 8. The van der Waals surface area contributed by atoms with E-state index in [1.165, 1.54) is 87.4 Å². The van der Waals surface area contributed by atoms with E-state index in [0.29, 0.717) is 46.2 Å². The third-order valence-electron chi connectivity index (χ3n) is 23.5. The predicted molar refractivity (Wildman–Crippen MR) is 600 cm³/mol. The number of allylic oxidation sites excluding steroid dienone is 2. The van der Waals surface area contributed by atoms with Crippen molar-refractivity contribution in [1.29, 1.82) is 0 Å². The Hall–Kier alpha value is -11.8. The average molecular weight is 1890 g/mol. The summed E-state index contributed by atoms with van der Waals surface area (Å²) in [6, 6.07) is 55.0. The number of ketones is 1. The Bertz CT molecular complexity index is 6560. The molecule has 0 spiro atoms. The maximum atomic E-state index is 12.9. The molecule has 0 unspecified atom stereocenters. The van der Waals surface area contributed by atoms with Gasteiger partial charge in [-0.25, -0.2) is 24.7 Å². The van der Waals surface area contributed by atoms with Gasteiger partial charge in [0.05, 0.1) is 11.4 Å². The number of fused-ring (bicyclic) bond motifs is 9. The molecular formula is C121H167N11O5S. The fraction of sp³-hybridized carbons (Fsp3) is 0.438. The minimum Gasteiger partial charge on any atom is -0.422 e. The van der Waals surface area contributed by atoms with Crippen LogP contribution in [-0.4, -0.2) is 66.2 Å². The first-order valence-corrected chi connectivity index (χ1v) is 51.7. The molecule has 16 aromatic rings. The Morgan fingerprint density at radius 3 is 1.33 bits per heavy atom. The summed E-state index contributed by atoms with van der Waals surface area (Å²) in [4.78, 5) is 70.0. The lowest BCUT2D eigenvalue weighted by Crippen LogP contribution is -2.34. The first kappa shape index (κ1) is 115. The summed E-state index contributed by atoms with van der Waals surface area (Å²) in [5.41, 5.74) is 17.1. The molecule has 8 aromatic carbocycles. The summed E-state index contributed by atoms with van der Waals surface area (Å²) in [6.45, 7) is 70.6. The molecular weight excluding hydrogens is 1720 g/mol. The second-order valence-corrected chi connectivity index (χ2v) is 39.0. The van der Waals surface area contributed by atoms with Crippen molar-refractivity contribution in [3.8, 4) is 0 Å². The van der Waals surface area contributed by atoms with Gasteiger partial charge in [0.25, 0.3) is 11.1 Å². The van der Waals surface area contributed by atoms with E-state index in [-0.39, 0.29) is 34.4 Å². The van der Waals surface area contributed by atoms with Gasteiger partial charge >= 0.3 is 5.63 Å². The third kappa shape index (κ3) is 29.4. The van der Waals surface area contributed by atoms with Gasteiger partial charge in [-0.2, -0.15) is 0 Å². The van der Waals surface area contributed by atoms with Crippen molar-refractivity contribution in [2.24, 2.45) is 38.9 Å². The van der Waals surface area contributed by atoms with Crippen LogP contribution in [0.1, 0.15) is 332 Å². The van der Waals surface area contributed by atoms with Crippen molar-refractivity contribution in [2.45, 2.75) is 303 Å². The Morgan fingerprint density at radius 2 is 0.920 bits per heavy atom. The lowest BCUT2D eigenvalue weighted by atomic mass is 9.89. The molecule has 0 bridgehead atoms. The van der Waals surface area contributed by atoms with E-state index >= 15 is 0 Å². The molecule has 0 saturated heterocycles. The van der Waals surface area contributed by atoms with Crippen molar-refractivity contribution in [3.63, 3.8) is 0 Å². The number of pyridine rings is 1. The number of hydrogen-bond acceptors (Lipinski definition) is 11. The Balaban J connectivity index is 0.000000239. The smallest absolute Gasteiger partial charge is 0.347 e. The summed E-state index contributed by atoms with van der Waals surface area (Å²) >= 11 is 1.70. The van der Waals surface area contributed by atoms with Gasteiger partial charge in [-0.1, -0.05) is 286 Å². The van der Waals surface area contributed by atoms with Crippen molar-refractivity contribution >= 4 is 109 Å². The third-order valence-corrected chi connectivity index (χ3v) is 24.7. The van der Waals surface area contributed by atoms with E-state index in [0.717, 1.165) is 124 Å². The number of carbonyl (C=O) groups is 1. The molecule has 742 valence electrons. The Kier molecular flexibility index (Phi) is 46.4.